The van der Waals surface area contributed by atoms with Crippen LogP contribution >= 0.6 is 0 Å². The topological polar surface area (TPSA) is 76.2 Å². The van der Waals surface area contributed by atoms with Crippen molar-refractivity contribution >= 4 is 30.1 Å². The summed E-state index contributed by atoms with van der Waals surface area (Å²) in [5, 5.41) is 3.12. The molecule has 0 radical (unpaired) electrons. The predicted octanol–water partition coefficient (Wildman–Crippen LogP) is 2.52. The van der Waals surface area contributed by atoms with E-state index in [-0.39, 0.29) is 0 Å². The summed E-state index contributed by atoms with van der Waals surface area (Å²) in [5.41, 5.74) is 7.96. The average Bonchev–Trinajstić information content (AvgIpc) is 2.46. The molecule has 3 N–H and O–H groups in total. The minimum atomic E-state index is 0.482. The first-order valence-electron chi connectivity index (χ1n) is 5.85. The summed E-state index contributed by atoms with van der Waals surface area (Å²) in [7, 11) is 0. The van der Waals surface area contributed by atoms with Crippen molar-refractivity contribution in [1.29, 1.82) is 0 Å². The number of para-hydroxylation sites is 1. The summed E-state index contributed by atoms with van der Waals surface area (Å²) in [6, 6.07) is 7.54. The van der Waals surface area contributed by atoms with Crippen molar-refractivity contribution in [2.24, 2.45) is 10.7 Å². The van der Waals surface area contributed by atoms with Crippen LogP contribution in [0.25, 0.3) is 6.08 Å². The molecule has 0 atom stereocenters. The second-order valence-electron chi connectivity index (χ2n) is 3.74. The average molecular weight is 253 g/mol. The number of hydrogen-bond donors (Lipinski definition) is 2. The first kappa shape index (κ1) is 12.9. The van der Waals surface area contributed by atoms with Gasteiger partial charge in [-0.25, -0.2) is 9.97 Å². The van der Waals surface area contributed by atoms with E-state index in [1.807, 2.05) is 30.4 Å². The van der Waals surface area contributed by atoms with E-state index in [1.165, 1.54) is 0 Å². The second-order valence-corrected chi connectivity index (χ2v) is 3.74. The van der Waals surface area contributed by atoms with Crippen LogP contribution in [0, 0.1) is 0 Å². The maximum atomic E-state index is 5.46. The lowest BCUT2D eigenvalue weighted by atomic mass is 10.1. The van der Waals surface area contributed by atoms with Crippen molar-refractivity contribution in [3.05, 3.63) is 48.3 Å². The monoisotopic (exact) mass is 253 g/mol. The molecule has 1 heterocycles. The molecule has 1 aromatic heterocycles. The van der Waals surface area contributed by atoms with E-state index in [2.05, 4.69) is 27.0 Å². The summed E-state index contributed by atoms with van der Waals surface area (Å²) in [6.07, 6.45) is 7.14. The molecule has 2 rings (SSSR count). The molecule has 1 aromatic carbocycles. The van der Waals surface area contributed by atoms with Crippen molar-refractivity contribution < 1.29 is 0 Å². The smallest absolute Gasteiger partial charge is 0.227 e. The standard InChI is InChI=1S/C14H15N5/c1-16-13-11(6-3-8-15)5-2-7-12(13)19-14-17-9-4-10-18-14/h2-7,9-10H,1,8,15H2,(H,17,18,19)/b6-3-. The molecule has 19 heavy (non-hydrogen) atoms. The van der Waals surface area contributed by atoms with E-state index < -0.39 is 0 Å². The Morgan fingerprint density at radius 1 is 1.26 bits per heavy atom. The zero-order valence-corrected chi connectivity index (χ0v) is 10.5. The van der Waals surface area contributed by atoms with Gasteiger partial charge in [0.25, 0.3) is 0 Å². The maximum Gasteiger partial charge on any atom is 0.227 e. The first-order chi connectivity index (χ1) is 9.35. The van der Waals surface area contributed by atoms with Crippen molar-refractivity contribution in [2.45, 2.75) is 0 Å². The number of rotatable bonds is 5. The third kappa shape index (κ3) is 3.23. The highest BCUT2D eigenvalue weighted by molar-refractivity contribution is 5.80. The molecule has 0 spiro atoms. The molecule has 0 bridgehead atoms. The second kappa shape index (κ2) is 6.42. The summed E-state index contributed by atoms with van der Waals surface area (Å²) in [6.45, 7) is 4.09. The number of hydrogen-bond acceptors (Lipinski definition) is 5. The van der Waals surface area contributed by atoms with Crippen LogP contribution in [0.2, 0.25) is 0 Å². The molecular formula is C14H15N5. The van der Waals surface area contributed by atoms with Gasteiger partial charge in [0.05, 0.1) is 11.4 Å². The Morgan fingerprint density at radius 2 is 2.05 bits per heavy atom. The molecular weight excluding hydrogens is 238 g/mol. The molecule has 5 nitrogen and oxygen atoms in total. The molecule has 96 valence electrons. The van der Waals surface area contributed by atoms with Gasteiger partial charge in [0.1, 0.15) is 0 Å². The van der Waals surface area contributed by atoms with Crippen LogP contribution in [0.3, 0.4) is 0 Å². The Balaban J connectivity index is 2.35. The number of nitrogens with one attached hydrogen (secondary N) is 1. The Labute approximate surface area is 111 Å². The lowest BCUT2D eigenvalue weighted by Crippen LogP contribution is -1.97. The lowest BCUT2D eigenvalue weighted by Gasteiger charge is -2.09. The van der Waals surface area contributed by atoms with E-state index in [9.17, 15) is 0 Å². The third-order valence-corrected chi connectivity index (χ3v) is 2.47. The fraction of sp³-hybridized carbons (Fsp3) is 0.0714. The minimum Gasteiger partial charge on any atom is -0.327 e. The molecule has 0 saturated carbocycles. The molecule has 0 amide bonds. The number of nitrogens with zero attached hydrogens (tertiary/aromatic N) is 3. The molecule has 5 heteroatoms. The van der Waals surface area contributed by atoms with Crippen molar-refractivity contribution in [1.82, 2.24) is 9.97 Å². The number of aromatic nitrogens is 2. The van der Waals surface area contributed by atoms with Crippen LogP contribution in [0.15, 0.2) is 47.7 Å². The molecule has 0 fully saturated rings. The summed E-state index contributed by atoms with van der Waals surface area (Å²) in [5.74, 6) is 0.521. The molecule has 0 unspecified atom stereocenters. The number of nitrogens with two attached hydrogens (primary N) is 1. The fourth-order valence-corrected chi connectivity index (χ4v) is 1.65. The predicted molar refractivity (Wildman–Crippen MR) is 79.1 cm³/mol. The van der Waals surface area contributed by atoms with Crippen LogP contribution in [-0.2, 0) is 0 Å². The van der Waals surface area contributed by atoms with Crippen molar-refractivity contribution in [3.63, 3.8) is 0 Å². The number of anilines is 2. The maximum absolute atomic E-state index is 5.46. The zero-order valence-electron chi connectivity index (χ0n) is 10.5. The van der Waals surface area contributed by atoms with Gasteiger partial charge in [-0.05, 0) is 18.9 Å². The SMILES string of the molecule is C=Nc1c(/C=C\CN)cccc1Nc1ncccn1. The van der Waals surface area contributed by atoms with E-state index in [1.54, 1.807) is 18.5 Å². The molecule has 0 saturated heterocycles. The van der Waals surface area contributed by atoms with Gasteiger partial charge in [-0.1, -0.05) is 24.3 Å². The Hall–Kier alpha value is -2.53. The van der Waals surface area contributed by atoms with Crippen LogP contribution in [0.5, 0.6) is 0 Å². The highest BCUT2D eigenvalue weighted by Crippen LogP contribution is 2.31. The van der Waals surface area contributed by atoms with Gasteiger partial charge >= 0.3 is 0 Å². The molecule has 0 aliphatic heterocycles. The van der Waals surface area contributed by atoms with Crippen molar-refractivity contribution in [3.8, 4) is 0 Å². The van der Waals surface area contributed by atoms with E-state index in [0.717, 1.165) is 16.9 Å². The quantitative estimate of drug-likeness (QED) is 0.803. The van der Waals surface area contributed by atoms with Crippen LogP contribution in [-0.4, -0.2) is 23.2 Å². The van der Waals surface area contributed by atoms with E-state index in [0.29, 0.717) is 12.5 Å². The highest BCUT2D eigenvalue weighted by Gasteiger charge is 2.05. The van der Waals surface area contributed by atoms with Gasteiger partial charge in [0.15, 0.2) is 0 Å². The van der Waals surface area contributed by atoms with E-state index in [4.69, 9.17) is 5.73 Å². The summed E-state index contributed by atoms with van der Waals surface area (Å²) in [4.78, 5) is 12.3. The van der Waals surface area contributed by atoms with Crippen LogP contribution in [0.1, 0.15) is 5.56 Å². The fourth-order valence-electron chi connectivity index (χ4n) is 1.65. The van der Waals surface area contributed by atoms with E-state index >= 15 is 0 Å². The van der Waals surface area contributed by atoms with Gasteiger partial charge in [-0.15, -0.1) is 0 Å². The van der Waals surface area contributed by atoms with Gasteiger partial charge in [-0.3, -0.25) is 4.99 Å². The van der Waals surface area contributed by atoms with Crippen LogP contribution in [0.4, 0.5) is 17.3 Å². The minimum absolute atomic E-state index is 0.482. The molecule has 0 aliphatic rings. The molecule has 2 aromatic rings. The van der Waals surface area contributed by atoms with Crippen molar-refractivity contribution in [2.75, 3.05) is 11.9 Å². The van der Waals surface area contributed by atoms with Gasteiger partial charge in [0, 0.05) is 24.5 Å². The van der Waals surface area contributed by atoms with Gasteiger partial charge in [-0.2, -0.15) is 0 Å². The normalized spacial score (nSPS) is 10.6. The first-order valence-corrected chi connectivity index (χ1v) is 5.85. The number of aliphatic imine (C=N–C) groups is 1. The van der Waals surface area contributed by atoms with Gasteiger partial charge < -0.3 is 11.1 Å². The Morgan fingerprint density at radius 3 is 2.74 bits per heavy atom. The van der Waals surface area contributed by atoms with Crippen LogP contribution < -0.4 is 11.1 Å². The summed E-state index contributed by atoms with van der Waals surface area (Å²) >= 11 is 0. The lowest BCUT2D eigenvalue weighted by molar-refractivity contribution is 1.16. The highest BCUT2D eigenvalue weighted by atomic mass is 15.1. The Kier molecular flexibility index (Phi) is 4.36. The van der Waals surface area contributed by atoms with Gasteiger partial charge in [0.2, 0.25) is 5.95 Å². The number of benzene rings is 1. The zero-order chi connectivity index (χ0) is 13.5. The largest absolute Gasteiger partial charge is 0.327 e. The summed E-state index contributed by atoms with van der Waals surface area (Å²) < 4.78 is 0. The Bertz CT molecular complexity index is 578. The molecule has 0 aliphatic carbocycles. The third-order valence-electron chi connectivity index (χ3n) is 2.47.